The monoisotopic (exact) mass is 579 g/mol. The maximum Gasteiger partial charge on any atom is 0.0690 e. The zero-order valence-electron chi connectivity index (χ0n) is 30.0. The first-order valence-electron chi connectivity index (χ1n) is 19.8. The summed E-state index contributed by atoms with van der Waals surface area (Å²) < 4.78 is 7.96. The highest BCUT2D eigenvalue weighted by molar-refractivity contribution is 4.90. The molecule has 0 atom stereocenters. The van der Waals surface area contributed by atoms with Crippen molar-refractivity contribution in [1.82, 2.24) is 0 Å². The molecule has 41 heavy (non-hydrogen) atoms. The lowest BCUT2D eigenvalue weighted by molar-refractivity contribution is -0.182. The predicted octanol–water partition coefficient (Wildman–Crippen LogP) is 15.1. The summed E-state index contributed by atoms with van der Waals surface area (Å²) in [4.78, 5) is 0. The van der Waals surface area contributed by atoms with E-state index >= 15 is 0 Å². The van der Waals surface area contributed by atoms with Crippen LogP contribution in [0.1, 0.15) is 247 Å². The average Bonchev–Trinajstić information content (AvgIpc) is 2.98. The molecule has 0 unspecified atom stereocenters. The van der Waals surface area contributed by atoms with E-state index in [1.54, 1.807) is 0 Å². The Morgan fingerprint density at radius 3 is 0.610 bits per heavy atom. The molecule has 0 fully saturated rings. The van der Waals surface area contributed by atoms with Crippen LogP contribution in [0.5, 0.6) is 0 Å². The Morgan fingerprint density at radius 2 is 0.415 bits per heavy atom. The van der Waals surface area contributed by atoms with Crippen molar-refractivity contribution in [2.24, 2.45) is 0 Å². The maximum absolute atomic E-state index is 7.96. The van der Waals surface area contributed by atoms with E-state index in [9.17, 15) is 0 Å². The number of ether oxygens (including phenoxy) is 1. The van der Waals surface area contributed by atoms with Crippen LogP contribution < -0.4 is 0 Å². The van der Waals surface area contributed by atoms with Crippen molar-refractivity contribution >= 4 is 0 Å². The van der Waals surface area contributed by atoms with Gasteiger partial charge in [-0.25, -0.2) is 0 Å². The summed E-state index contributed by atoms with van der Waals surface area (Å²) in [5.74, 6) is 0. The molecule has 0 saturated heterocycles. The molecule has 0 bridgehead atoms. The molecule has 0 rings (SSSR count). The van der Waals surface area contributed by atoms with Crippen molar-refractivity contribution in [2.45, 2.75) is 258 Å². The lowest BCUT2D eigenvalue weighted by Crippen LogP contribution is -2.45. The summed E-state index contributed by atoms with van der Waals surface area (Å²) in [5.41, 5.74) is 0.235. The highest BCUT2D eigenvalue weighted by atomic mass is 16.5. The van der Waals surface area contributed by atoms with Crippen molar-refractivity contribution in [2.75, 3.05) is 0 Å². The molecule has 0 aliphatic heterocycles. The van der Waals surface area contributed by atoms with E-state index in [-0.39, 0.29) is 11.2 Å². The summed E-state index contributed by atoms with van der Waals surface area (Å²) in [6.45, 7) is 14.1. The van der Waals surface area contributed by atoms with Gasteiger partial charge in [-0.05, 0) is 38.5 Å². The van der Waals surface area contributed by atoms with Crippen molar-refractivity contribution in [3.05, 3.63) is 0 Å². The summed E-state index contributed by atoms with van der Waals surface area (Å²) >= 11 is 0. The van der Waals surface area contributed by atoms with Crippen molar-refractivity contribution in [3.8, 4) is 0 Å². The van der Waals surface area contributed by atoms with E-state index in [1.807, 2.05) is 0 Å². The van der Waals surface area contributed by atoms with Crippen LogP contribution in [0.2, 0.25) is 0 Å². The second kappa shape index (κ2) is 30.0. The third-order valence-electron chi connectivity index (χ3n) is 9.85. The summed E-state index contributed by atoms with van der Waals surface area (Å²) in [6.07, 6.45) is 43.7. The molecule has 0 spiro atoms. The van der Waals surface area contributed by atoms with Gasteiger partial charge in [0.05, 0.1) is 11.2 Å². The van der Waals surface area contributed by atoms with E-state index in [1.165, 1.54) is 205 Å². The minimum atomic E-state index is 0.118. The van der Waals surface area contributed by atoms with Gasteiger partial charge in [-0.15, -0.1) is 0 Å². The fraction of sp³-hybridized carbons (Fsp3) is 1.00. The van der Waals surface area contributed by atoms with Crippen LogP contribution in [0.3, 0.4) is 0 Å². The van der Waals surface area contributed by atoms with Gasteiger partial charge in [0.1, 0.15) is 0 Å². The molecule has 248 valence electrons. The molecular weight excluding hydrogens is 496 g/mol. The van der Waals surface area contributed by atoms with Gasteiger partial charge < -0.3 is 4.74 Å². The van der Waals surface area contributed by atoms with E-state index in [0.29, 0.717) is 0 Å². The largest absolute Gasteiger partial charge is 0.369 e. The quantitative estimate of drug-likeness (QED) is 0.0690. The van der Waals surface area contributed by atoms with Gasteiger partial charge in [-0.1, -0.05) is 208 Å². The smallest absolute Gasteiger partial charge is 0.0690 e. The average molecular weight is 579 g/mol. The molecule has 0 radical (unpaired) electrons. The van der Waals surface area contributed by atoms with Crippen LogP contribution in [0, 0.1) is 0 Å². The van der Waals surface area contributed by atoms with Gasteiger partial charge in [0.25, 0.3) is 0 Å². The second-order valence-corrected chi connectivity index (χ2v) is 14.0. The third kappa shape index (κ3) is 23.1. The van der Waals surface area contributed by atoms with Gasteiger partial charge in [-0.3, -0.25) is 0 Å². The van der Waals surface area contributed by atoms with Crippen LogP contribution in [0.15, 0.2) is 0 Å². The Hall–Kier alpha value is -0.0400. The molecule has 0 aromatic carbocycles. The molecule has 1 nitrogen and oxygen atoms in total. The molecular formula is C40H82O. The summed E-state index contributed by atoms with van der Waals surface area (Å²) in [5, 5.41) is 0. The minimum absolute atomic E-state index is 0.118. The maximum atomic E-state index is 7.96. The Kier molecular flexibility index (Phi) is 30.0. The zero-order chi connectivity index (χ0) is 30.3. The molecule has 0 aromatic rings. The van der Waals surface area contributed by atoms with E-state index in [2.05, 4.69) is 41.5 Å². The lowest BCUT2D eigenvalue weighted by atomic mass is 9.80. The standard InChI is InChI=1S/C40H82O/c1-7-13-19-25-31-37-39(33-27-21-15-9-3,34-28-22-16-10-4)41-40(35-29-23-17-11-5,36-30-24-18-12-6)38-32-26-20-14-8-2/h7-38H2,1-6H3. The van der Waals surface area contributed by atoms with Gasteiger partial charge in [0, 0.05) is 0 Å². The number of unbranched alkanes of at least 4 members (excludes halogenated alkanes) is 20. The Bertz CT molecular complexity index is 429. The fourth-order valence-corrected chi connectivity index (χ4v) is 7.11. The fourth-order valence-electron chi connectivity index (χ4n) is 7.11. The van der Waals surface area contributed by atoms with E-state index in [0.717, 1.165) is 0 Å². The van der Waals surface area contributed by atoms with Crippen molar-refractivity contribution in [1.29, 1.82) is 0 Å². The lowest BCUT2D eigenvalue weighted by Gasteiger charge is -2.46. The molecule has 0 aliphatic rings. The van der Waals surface area contributed by atoms with E-state index < -0.39 is 0 Å². The third-order valence-corrected chi connectivity index (χ3v) is 9.85. The Morgan fingerprint density at radius 1 is 0.244 bits per heavy atom. The molecule has 0 N–H and O–H groups in total. The van der Waals surface area contributed by atoms with Crippen LogP contribution >= 0.6 is 0 Å². The highest BCUT2D eigenvalue weighted by Gasteiger charge is 2.40. The summed E-state index contributed by atoms with van der Waals surface area (Å²) in [7, 11) is 0. The Labute approximate surface area is 262 Å². The van der Waals surface area contributed by atoms with Gasteiger partial charge in [-0.2, -0.15) is 0 Å². The van der Waals surface area contributed by atoms with Crippen LogP contribution in [-0.4, -0.2) is 11.2 Å². The first-order chi connectivity index (χ1) is 20.1. The SMILES string of the molecule is CCCCCCCC(CCCCCC)(CCCCCC)OC(CCCCCC)(CCCCCC)CCCCCCC. The number of hydrogen-bond donors (Lipinski definition) is 0. The van der Waals surface area contributed by atoms with Crippen LogP contribution in [0.25, 0.3) is 0 Å². The van der Waals surface area contributed by atoms with Gasteiger partial charge in [0.2, 0.25) is 0 Å². The normalized spacial score (nSPS) is 12.4. The highest BCUT2D eigenvalue weighted by Crippen LogP contribution is 2.43. The zero-order valence-corrected chi connectivity index (χ0v) is 30.0. The van der Waals surface area contributed by atoms with Crippen LogP contribution in [-0.2, 0) is 4.74 Å². The molecule has 0 amide bonds. The van der Waals surface area contributed by atoms with Gasteiger partial charge >= 0.3 is 0 Å². The van der Waals surface area contributed by atoms with Crippen molar-refractivity contribution < 1.29 is 4.74 Å². The number of hydrogen-bond acceptors (Lipinski definition) is 1. The molecule has 0 aliphatic carbocycles. The first-order valence-corrected chi connectivity index (χ1v) is 19.8. The van der Waals surface area contributed by atoms with E-state index in [4.69, 9.17) is 4.74 Å². The molecule has 0 aromatic heterocycles. The number of rotatable bonds is 34. The summed E-state index contributed by atoms with van der Waals surface area (Å²) in [6, 6.07) is 0. The molecule has 0 saturated carbocycles. The van der Waals surface area contributed by atoms with Crippen LogP contribution in [0.4, 0.5) is 0 Å². The second-order valence-electron chi connectivity index (χ2n) is 14.0. The topological polar surface area (TPSA) is 9.23 Å². The Balaban J connectivity index is 6.13. The predicted molar refractivity (Wildman–Crippen MR) is 188 cm³/mol. The molecule has 1 heteroatoms. The minimum Gasteiger partial charge on any atom is -0.369 e. The van der Waals surface area contributed by atoms with Crippen molar-refractivity contribution in [3.63, 3.8) is 0 Å². The molecule has 0 heterocycles. The van der Waals surface area contributed by atoms with Gasteiger partial charge in [0.15, 0.2) is 0 Å². The first kappa shape index (κ1) is 41.0.